The van der Waals surface area contributed by atoms with E-state index in [0.717, 1.165) is 10.7 Å². The molecule has 0 aliphatic rings. The average molecular weight is 270 g/mol. The van der Waals surface area contributed by atoms with Gasteiger partial charge in [0.25, 0.3) is 0 Å². The third-order valence-corrected chi connectivity index (χ3v) is 3.17. The number of hydrogen-bond acceptors (Lipinski definition) is 6. The zero-order valence-electron chi connectivity index (χ0n) is 9.49. The molecule has 0 bridgehead atoms. The van der Waals surface area contributed by atoms with Crippen molar-refractivity contribution >= 4 is 34.7 Å². The summed E-state index contributed by atoms with van der Waals surface area (Å²) in [6.45, 7) is 2.58. The van der Waals surface area contributed by atoms with Crippen molar-refractivity contribution in [3.63, 3.8) is 0 Å². The van der Waals surface area contributed by atoms with Gasteiger partial charge in [0, 0.05) is 12.4 Å². The SMILES string of the molecule is CNc1ncc(Cl)c(NCc2csc(C)n2)n1. The Kier molecular flexibility index (Phi) is 3.75. The largest absolute Gasteiger partial charge is 0.363 e. The number of rotatable bonds is 4. The van der Waals surface area contributed by atoms with Gasteiger partial charge in [0.1, 0.15) is 5.02 Å². The van der Waals surface area contributed by atoms with Crippen molar-refractivity contribution in [2.75, 3.05) is 17.7 Å². The third-order valence-electron chi connectivity index (χ3n) is 2.07. The highest BCUT2D eigenvalue weighted by Crippen LogP contribution is 2.20. The first-order chi connectivity index (χ1) is 8.19. The Morgan fingerprint density at radius 3 is 2.88 bits per heavy atom. The molecule has 0 spiro atoms. The van der Waals surface area contributed by atoms with Gasteiger partial charge in [0.05, 0.1) is 23.4 Å². The molecule has 0 saturated carbocycles. The highest BCUT2D eigenvalue weighted by molar-refractivity contribution is 7.09. The molecule has 2 aromatic heterocycles. The van der Waals surface area contributed by atoms with Crippen LogP contribution in [0.15, 0.2) is 11.6 Å². The highest BCUT2D eigenvalue weighted by Gasteiger charge is 2.05. The first kappa shape index (κ1) is 12.1. The predicted octanol–water partition coefficient (Wildman–Crippen LogP) is 2.55. The lowest BCUT2D eigenvalue weighted by Gasteiger charge is -2.07. The van der Waals surface area contributed by atoms with Crippen LogP contribution in [0.25, 0.3) is 0 Å². The average Bonchev–Trinajstić information content (AvgIpc) is 2.74. The van der Waals surface area contributed by atoms with Gasteiger partial charge in [-0.3, -0.25) is 0 Å². The van der Waals surface area contributed by atoms with Gasteiger partial charge in [-0.2, -0.15) is 4.98 Å². The molecule has 2 aromatic rings. The van der Waals surface area contributed by atoms with E-state index in [1.165, 1.54) is 0 Å². The highest BCUT2D eigenvalue weighted by atomic mass is 35.5. The quantitative estimate of drug-likeness (QED) is 0.893. The van der Waals surface area contributed by atoms with Gasteiger partial charge in [0.2, 0.25) is 5.95 Å². The van der Waals surface area contributed by atoms with E-state index >= 15 is 0 Å². The van der Waals surface area contributed by atoms with Crippen LogP contribution < -0.4 is 10.6 Å². The van der Waals surface area contributed by atoms with Crippen molar-refractivity contribution in [2.45, 2.75) is 13.5 Å². The third kappa shape index (κ3) is 3.04. The fourth-order valence-electron chi connectivity index (χ4n) is 1.28. The maximum absolute atomic E-state index is 5.99. The minimum absolute atomic E-state index is 0.496. The zero-order chi connectivity index (χ0) is 12.3. The molecular formula is C10H12ClN5S. The number of aryl methyl sites for hydroxylation is 1. The van der Waals surface area contributed by atoms with E-state index in [1.54, 1.807) is 24.6 Å². The molecule has 2 rings (SSSR count). The molecule has 0 aliphatic heterocycles. The number of nitrogens with one attached hydrogen (secondary N) is 2. The van der Waals surface area contributed by atoms with Crippen LogP contribution in [0.2, 0.25) is 5.02 Å². The van der Waals surface area contributed by atoms with Crippen molar-refractivity contribution in [1.82, 2.24) is 15.0 Å². The molecule has 2 heterocycles. The van der Waals surface area contributed by atoms with E-state index < -0.39 is 0 Å². The molecule has 2 N–H and O–H groups in total. The molecule has 0 fully saturated rings. The van der Waals surface area contributed by atoms with Gasteiger partial charge in [0.15, 0.2) is 5.82 Å². The zero-order valence-corrected chi connectivity index (χ0v) is 11.1. The van der Waals surface area contributed by atoms with Crippen molar-refractivity contribution < 1.29 is 0 Å². The topological polar surface area (TPSA) is 62.7 Å². The first-order valence-corrected chi connectivity index (χ1v) is 6.30. The van der Waals surface area contributed by atoms with Gasteiger partial charge in [-0.25, -0.2) is 9.97 Å². The molecule has 0 unspecified atom stereocenters. The molecule has 5 nitrogen and oxygen atoms in total. The number of halogens is 1. The second kappa shape index (κ2) is 5.29. The van der Waals surface area contributed by atoms with Crippen LogP contribution in [0.1, 0.15) is 10.7 Å². The Balaban J connectivity index is 2.07. The van der Waals surface area contributed by atoms with E-state index in [4.69, 9.17) is 11.6 Å². The monoisotopic (exact) mass is 269 g/mol. The van der Waals surface area contributed by atoms with Gasteiger partial charge in [-0.1, -0.05) is 11.6 Å². The summed E-state index contributed by atoms with van der Waals surface area (Å²) in [5.41, 5.74) is 0.980. The summed E-state index contributed by atoms with van der Waals surface area (Å²) in [6, 6.07) is 0. The summed E-state index contributed by atoms with van der Waals surface area (Å²) in [7, 11) is 1.76. The Bertz CT molecular complexity index is 513. The number of nitrogens with zero attached hydrogens (tertiary/aromatic N) is 3. The molecule has 0 aromatic carbocycles. The van der Waals surface area contributed by atoms with Crippen molar-refractivity contribution in [3.05, 3.63) is 27.3 Å². The Morgan fingerprint density at radius 2 is 2.24 bits per heavy atom. The fourth-order valence-corrected chi connectivity index (χ4v) is 2.05. The molecule has 0 radical (unpaired) electrons. The Morgan fingerprint density at radius 1 is 1.41 bits per heavy atom. The minimum atomic E-state index is 0.496. The molecule has 0 atom stereocenters. The number of thiazole rings is 1. The van der Waals surface area contributed by atoms with E-state index in [2.05, 4.69) is 25.6 Å². The Hall–Kier alpha value is -1.40. The van der Waals surface area contributed by atoms with Crippen LogP contribution in [0.4, 0.5) is 11.8 Å². The lowest BCUT2D eigenvalue weighted by atomic mass is 10.4. The van der Waals surface area contributed by atoms with Crippen molar-refractivity contribution in [1.29, 1.82) is 0 Å². The Labute approximate surface area is 108 Å². The summed E-state index contributed by atoms with van der Waals surface area (Å²) in [5.74, 6) is 1.14. The van der Waals surface area contributed by atoms with Crippen molar-refractivity contribution in [2.24, 2.45) is 0 Å². The lowest BCUT2D eigenvalue weighted by Crippen LogP contribution is -2.05. The standard InChI is InChI=1S/C10H12ClN5S/c1-6-15-7(5-17-6)3-13-9-8(11)4-14-10(12-2)16-9/h4-5H,3H2,1-2H3,(H2,12,13,14,16). The molecular weight excluding hydrogens is 258 g/mol. The van der Waals surface area contributed by atoms with Crippen LogP contribution in [0, 0.1) is 6.92 Å². The molecule has 0 aliphatic carbocycles. The molecule has 7 heteroatoms. The first-order valence-electron chi connectivity index (χ1n) is 5.04. The van der Waals surface area contributed by atoms with Crippen LogP contribution in [-0.2, 0) is 6.54 Å². The summed E-state index contributed by atoms with van der Waals surface area (Å²) < 4.78 is 0. The van der Waals surface area contributed by atoms with E-state index in [-0.39, 0.29) is 0 Å². The van der Waals surface area contributed by atoms with Crippen LogP contribution >= 0.6 is 22.9 Å². The second-order valence-electron chi connectivity index (χ2n) is 3.35. The van der Waals surface area contributed by atoms with Crippen LogP contribution in [0.3, 0.4) is 0 Å². The van der Waals surface area contributed by atoms with Crippen LogP contribution in [0.5, 0.6) is 0 Å². The summed E-state index contributed by atoms with van der Waals surface area (Å²) in [4.78, 5) is 12.6. The normalized spacial score (nSPS) is 10.3. The van der Waals surface area contributed by atoms with Gasteiger partial charge in [-0.15, -0.1) is 11.3 Å². The summed E-state index contributed by atoms with van der Waals surface area (Å²) in [6.07, 6.45) is 1.56. The summed E-state index contributed by atoms with van der Waals surface area (Å²) in [5, 5.41) is 9.56. The molecule has 0 amide bonds. The van der Waals surface area contributed by atoms with Gasteiger partial charge < -0.3 is 10.6 Å². The fraction of sp³-hybridized carbons (Fsp3) is 0.300. The van der Waals surface area contributed by atoms with E-state index in [1.807, 2.05) is 12.3 Å². The van der Waals surface area contributed by atoms with E-state index in [9.17, 15) is 0 Å². The molecule has 0 saturated heterocycles. The molecule has 17 heavy (non-hydrogen) atoms. The van der Waals surface area contributed by atoms with Gasteiger partial charge >= 0.3 is 0 Å². The number of aromatic nitrogens is 3. The summed E-state index contributed by atoms with van der Waals surface area (Å²) >= 11 is 7.61. The number of hydrogen-bond donors (Lipinski definition) is 2. The smallest absolute Gasteiger partial charge is 0.224 e. The number of anilines is 2. The maximum atomic E-state index is 5.99. The molecule has 90 valence electrons. The van der Waals surface area contributed by atoms with Crippen LogP contribution in [-0.4, -0.2) is 22.0 Å². The minimum Gasteiger partial charge on any atom is -0.363 e. The predicted molar refractivity (Wildman–Crippen MR) is 70.8 cm³/mol. The maximum Gasteiger partial charge on any atom is 0.224 e. The lowest BCUT2D eigenvalue weighted by molar-refractivity contribution is 1.03. The second-order valence-corrected chi connectivity index (χ2v) is 4.82. The van der Waals surface area contributed by atoms with Gasteiger partial charge in [-0.05, 0) is 6.92 Å². The van der Waals surface area contributed by atoms with Crippen molar-refractivity contribution in [3.8, 4) is 0 Å². The van der Waals surface area contributed by atoms with E-state index in [0.29, 0.717) is 23.3 Å².